The molecule has 420 valence electrons. The molecule has 0 amide bonds. The summed E-state index contributed by atoms with van der Waals surface area (Å²) >= 11 is 1.98. The molecule has 7 atom stereocenters. The van der Waals surface area contributed by atoms with Crippen LogP contribution in [0.5, 0.6) is 0 Å². The van der Waals surface area contributed by atoms with Crippen molar-refractivity contribution in [1.29, 1.82) is 0 Å². The fourth-order valence-corrected chi connectivity index (χ4v) is 14.4. The molecule has 4 aliphatic carbocycles. The Morgan fingerprint density at radius 1 is 0.500 bits per heavy atom. The van der Waals surface area contributed by atoms with E-state index in [-0.39, 0.29) is 0 Å². The number of fused-ring (bicyclic) bond motifs is 2. The third-order valence-corrected chi connectivity index (χ3v) is 18.8. The molecule has 0 aliphatic heterocycles. The molecule has 2 N–H and O–H groups in total. The molecule has 0 spiro atoms. The highest BCUT2D eigenvalue weighted by atomic mass is 32.2. The Morgan fingerprint density at radius 3 is 1.39 bits per heavy atom. The lowest BCUT2D eigenvalue weighted by Crippen LogP contribution is -2.33. The van der Waals surface area contributed by atoms with Crippen molar-refractivity contribution in [2.45, 2.75) is 247 Å². The molecule has 7 unspecified atom stereocenters. The summed E-state index contributed by atoms with van der Waals surface area (Å²) in [5.74, 6) is 7.81. The zero-order valence-corrected chi connectivity index (χ0v) is 52.7. The van der Waals surface area contributed by atoms with Crippen LogP contribution in [0.3, 0.4) is 0 Å². The normalized spacial score (nSPS) is 23.9. The van der Waals surface area contributed by atoms with Crippen LogP contribution >= 0.6 is 28.5 Å². The average molecular weight is 1080 g/mol. The topological polar surface area (TPSA) is 58.9 Å². The lowest BCUT2D eigenvalue weighted by atomic mass is 9.75. The minimum atomic E-state index is -1.19. The molecule has 4 aromatic rings. The van der Waals surface area contributed by atoms with Crippen molar-refractivity contribution in [2.75, 3.05) is 13.3 Å². The predicted molar refractivity (Wildman–Crippen MR) is 332 cm³/mol. The molecular weight excluding hydrogens is 963 g/mol. The molecule has 4 aliphatic rings. The average Bonchev–Trinajstić information content (AvgIpc) is 3.36. The van der Waals surface area contributed by atoms with Crippen LogP contribution in [0.4, 0.5) is 0 Å². The van der Waals surface area contributed by atoms with E-state index in [1.54, 1.807) is 13.3 Å². The van der Waals surface area contributed by atoms with Crippen molar-refractivity contribution in [2.24, 2.45) is 53.3 Å². The van der Waals surface area contributed by atoms with Gasteiger partial charge in [-0.3, -0.25) is 0 Å². The Balaban J connectivity index is 0.000000260. The van der Waals surface area contributed by atoms with Gasteiger partial charge in [0.1, 0.15) is 0 Å². The monoisotopic (exact) mass is 1070 g/mol. The summed E-state index contributed by atoms with van der Waals surface area (Å²) in [6.07, 6.45) is 28.4. The van der Waals surface area contributed by atoms with Crippen molar-refractivity contribution in [3.63, 3.8) is 0 Å². The Labute approximate surface area is 463 Å². The molecule has 0 saturated heterocycles. The number of rotatable bonds is 13. The first-order chi connectivity index (χ1) is 35.4. The predicted octanol–water partition coefficient (Wildman–Crippen LogP) is 22.1. The number of aryl methyl sites for hydroxylation is 2. The van der Waals surface area contributed by atoms with Crippen LogP contribution in [-0.2, 0) is 21.9 Å². The molecule has 74 heavy (non-hydrogen) atoms. The molecule has 4 fully saturated rings. The van der Waals surface area contributed by atoms with Crippen molar-refractivity contribution in [3.8, 4) is 0 Å². The summed E-state index contributed by atoms with van der Waals surface area (Å²) in [6.45, 7) is 33.2. The molecule has 4 saturated carbocycles. The first-order valence-corrected chi connectivity index (χ1v) is 34.4. The van der Waals surface area contributed by atoms with Crippen LogP contribution in [0.2, 0.25) is 0 Å². The molecule has 4 aromatic carbocycles. The fourth-order valence-electron chi connectivity index (χ4n) is 11.7. The smallest absolute Gasteiger partial charge is 0.164 e. The van der Waals surface area contributed by atoms with Gasteiger partial charge in [-0.15, -0.1) is 0 Å². The second-order valence-electron chi connectivity index (χ2n) is 24.2. The second kappa shape index (κ2) is 37.3. The van der Waals surface area contributed by atoms with E-state index in [1.807, 2.05) is 11.8 Å². The van der Waals surface area contributed by atoms with Crippen molar-refractivity contribution < 1.29 is 18.8 Å². The van der Waals surface area contributed by atoms with Gasteiger partial charge in [0, 0.05) is 23.1 Å². The van der Waals surface area contributed by atoms with Crippen molar-refractivity contribution >= 4 is 50.1 Å². The third-order valence-electron chi connectivity index (χ3n) is 16.2. The highest BCUT2D eigenvalue weighted by Gasteiger charge is 2.32. The minimum Gasteiger partial charge on any atom is -0.350 e. The van der Waals surface area contributed by atoms with E-state index in [1.165, 1.54) is 145 Å². The molecule has 0 aromatic heterocycles. The molecule has 0 bridgehead atoms. The number of benzene rings is 4. The zero-order chi connectivity index (χ0) is 54.6. The van der Waals surface area contributed by atoms with Gasteiger partial charge in [-0.2, -0.15) is 0 Å². The Morgan fingerprint density at radius 2 is 0.959 bits per heavy atom. The first-order valence-electron chi connectivity index (χ1n) is 30.3. The summed E-state index contributed by atoms with van der Waals surface area (Å²) in [6, 6.07) is 26.8. The van der Waals surface area contributed by atoms with Crippen molar-refractivity contribution in [1.82, 2.24) is 0 Å². The lowest BCUT2D eigenvalue weighted by Gasteiger charge is -2.37. The maximum Gasteiger partial charge on any atom is 0.164 e. The number of hydrogen-bond donors (Lipinski definition) is 2. The zero-order valence-electron chi connectivity index (χ0n) is 50.1. The summed E-state index contributed by atoms with van der Waals surface area (Å²) in [4.78, 5) is 21.2. The summed E-state index contributed by atoms with van der Waals surface area (Å²) in [5, 5.41) is 5.42. The van der Waals surface area contributed by atoms with Crippen LogP contribution in [0.15, 0.2) is 82.6 Å². The Bertz CT molecular complexity index is 1960. The van der Waals surface area contributed by atoms with Gasteiger partial charge in [0.05, 0.1) is 12.2 Å². The maximum atomic E-state index is 9.33. The van der Waals surface area contributed by atoms with E-state index in [9.17, 15) is 4.89 Å². The summed E-state index contributed by atoms with van der Waals surface area (Å²) in [5.41, 5.74) is 2.94. The van der Waals surface area contributed by atoms with Crippen LogP contribution in [0.1, 0.15) is 223 Å². The fraction of sp³-hybridized carbons (Fsp3) is 0.701. The second-order valence-corrected chi connectivity index (χ2v) is 27.5. The van der Waals surface area contributed by atoms with E-state index in [4.69, 9.17) is 13.9 Å². The highest BCUT2D eigenvalue weighted by molar-refractivity contribution is 8.00. The summed E-state index contributed by atoms with van der Waals surface area (Å²) < 4.78 is 11.0. The number of hydrogen-bond acceptors (Lipinski definition) is 5. The Kier molecular flexibility index (Phi) is 33.7. The molecule has 0 heterocycles. The van der Waals surface area contributed by atoms with E-state index >= 15 is 0 Å². The molecule has 4 nitrogen and oxygen atoms in total. The Hall–Kier alpha value is -1.55. The SMILES string of the molecule is CC(C)C1CCCCC1.CC1CCC(C(C)C)C(OP(C)O)C1.CC1CCC(C(C)C)CC1.CC1CCCC(OP(C)O)C1.CCC.CCCc1ccc2ccccc2c1Sc1c(CCC)ccc2ccccc12. The largest absolute Gasteiger partial charge is 0.350 e. The quantitative estimate of drug-likeness (QED) is 0.131. The van der Waals surface area contributed by atoms with Gasteiger partial charge in [-0.25, -0.2) is 0 Å². The van der Waals surface area contributed by atoms with Gasteiger partial charge >= 0.3 is 0 Å². The molecule has 7 heteroatoms. The van der Waals surface area contributed by atoms with Gasteiger partial charge in [0.2, 0.25) is 0 Å². The van der Waals surface area contributed by atoms with E-state index in [0.717, 1.165) is 73.5 Å². The van der Waals surface area contributed by atoms with Gasteiger partial charge in [-0.1, -0.05) is 258 Å². The third kappa shape index (κ3) is 24.6. The van der Waals surface area contributed by atoms with Gasteiger partial charge in [0.25, 0.3) is 0 Å². The molecule has 8 rings (SSSR count). The van der Waals surface area contributed by atoms with Crippen LogP contribution in [0, 0.1) is 53.3 Å². The van der Waals surface area contributed by atoms with Crippen LogP contribution < -0.4 is 0 Å². The van der Waals surface area contributed by atoms with Gasteiger partial charge in [0.15, 0.2) is 16.8 Å². The van der Waals surface area contributed by atoms with Crippen LogP contribution in [-0.4, -0.2) is 35.3 Å². The van der Waals surface area contributed by atoms with E-state index in [0.29, 0.717) is 24.0 Å². The highest BCUT2D eigenvalue weighted by Crippen LogP contribution is 2.44. The van der Waals surface area contributed by atoms with Crippen molar-refractivity contribution in [3.05, 3.63) is 83.9 Å². The first kappa shape index (κ1) is 66.7. The van der Waals surface area contributed by atoms with Crippen LogP contribution in [0.25, 0.3) is 21.5 Å². The standard InChI is InChI=1S/C26H26S.C11H23O2P.C10H20.C9H18.C8H17O2P.C3H8/c1-3-9-21-17-15-19-11-5-7-13-23(19)25(21)27-26-22(10-4-2)18-16-20-12-6-8-14-24(20)26;1-8(2)10-6-5-9(3)7-11(10)13-14(4)12;1-8(2)10-6-4-9(3)5-7-10;1-8(2)9-6-4-3-5-7-9;1-7-4-3-5-8(6-7)10-11(2)9;1-3-2/h5-8,11-18H,3-4,9-10H2,1-2H3;8-12H,5-7H2,1-4H3;8-10H,4-7H2,1-3H3;8-9H,3-7H2,1-2H3;7-9H,3-6H2,1-2H3;3H2,1-2H3. The lowest BCUT2D eigenvalue weighted by molar-refractivity contribution is 0.0484. The molecule has 0 radical (unpaired) electrons. The van der Waals surface area contributed by atoms with Gasteiger partial charge < -0.3 is 18.8 Å². The van der Waals surface area contributed by atoms with E-state index in [2.05, 4.69) is 163 Å². The molecular formula is C67H112O4P2S. The van der Waals surface area contributed by atoms with Gasteiger partial charge in [-0.05, 0) is 137 Å². The minimum absolute atomic E-state index is 0.292. The summed E-state index contributed by atoms with van der Waals surface area (Å²) in [7, 11) is -2.34. The maximum absolute atomic E-state index is 9.33. The van der Waals surface area contributed by atoms with E-state index < -0.39 is 16.8 Å².